The molecule has 0 spiro atoms. The summed E-state index contributed by atoms with van der Waals surface area (Å²) in [4.78, 5) is 21.2. The fourth-order valence-electron chi connectivity index (χ4n) is 4.33. The molecule has 0 saturated carbocycles. The van der Waals surface area contributed by atoms with Crippen LogP contribution >= 0.6 is 22.7 Å². The molecule has 0 saturated heterocycles. The van der Waals surface area contributed by atoms with Crippen LogP contribution in [0.25, 0.3) is 32.5 Å². The Morgan fingerprint density at radius 3 is 2.50 bits per heavy atom. The molecule has 1 aliphatic heterocycles. The molecule has 8 heteroatoms. The van der Waals surface area contributed by atoms with Crippen molar-refractivity contribution in [1.29, 1.82) is 0 Å². The van der Waals surface area contributed by atoms with Gasteiger partial charge in [0, 0.05) is 34.5 Å². The number of amides is 1. The van der Waals surface area contributed by atoms with E-state index >= 15 is 0 Å². The topological polar surface area (TPSA) is 63.9 Å². The fourth-order valence-corrected chi connectivity index (χ4v) is 5.87. The van der Waals surface area contributed by atoms with Crippen LogP contribution in [-0.4, -0.2) is 37.1 Å². The molecule has 6 nitrogen and oxygen atoms in total. The number of benzene rings is 2. The highest BCUT2D eigenvalue weighted by Gasteiger charge is 2.32. The molecule has 0 radical (unpaired) electrons. The summed E-state index contributed by atoms with van der Waals surface area (Å²) in [6.45, 7) is 3.25. The molecule has 6 rings (SSSR count). The van der Waals surface area contributed by atoms with E-state index in [0.717, 1.165) is 33.5 Å². The molecule has 2 aromatic carbocycles. The zero-order chi connectivity index (χ0) is 23.1. The second kappa shape index (κ2) is 8.62. The maximum Gasteiger partial charge on any atom is 0.254 e. The van der Waals surface area contributed by atoms with E-state index < -0.39 is 0 Å². The van der Waals surface area contributed by atoms with Gasteiger partial charge in [-0.1, -0.05) is 48.5 Å². The van der Waals surface area contributed by atoms with Gasteiger partial charge in [-0.15, -0.1) is 32.9 Å². The lowest BCUT2D eigenvalue weighted by molar-refractivity contribution is 0.0638. The van der Waals surface area contributed by atoms with Gasteiger partial charge in [-0.3, -0.25) is 4.79 Å². The van der Waals surface area contributed by atoms with Gasteiger partial charge in [-0.2, -0.15) is 0 Å². The van der Waals surface area contributed by atoms with E-state index in [0.29, 0.717) is 18.7 Å². The molecule has 1 amide bonds. The largest absolute Gasteiger partial charge is 0.327 e. The van der Waals surface area contributed by atoms with Crippen LogP contribution in [-0.2, 0) is 6.54 Å². The molecule has 0 aliphatic carbocycles. The minimum absolute atomic E-state index is 0.0149. The summed E-state index contributed by atoms with van der Waals surface area (Å²) in [7, 11) is 0. The van der Waals surface area contributed by atoms with E-state index in [1.807, 2.05) is 65.7 Å². The van der Waals surface area contributed by atoms with Crippen molar-refractivity contribution in [3.63, 3.8) is 0 Å². The van der Waals surface area contributed by atoms with Crippen LogP contribution < -0.4 is 0 Å². The number of hydrogen-bond acceptors (Lipinski definition) is 6. The van der Waals surface area contributed by atoms with Crippen molar-refractivity contribution < 1.29 is 4.79 Å². The number of carbonyl (C=O) groups is 1. The van der Waals surface area contributed by atoms with Gasteiger partial charge in [0.2, 0.25) is 0 Å². The van der Waals surface area contributed by atoms with Crippen molar-refractivity contribution in [2.75, 3.05) is 6.54 Å². The Balaban J connectivity index is 1.24. The number of nitrogens with zero attached hydrogens (tertiary/aromatic N) is 5. The van der Waals surface area contributed by atoms with E-state index in [9.17, 15) is 4.79 Å². The van der Waals surface area contributed by atoms with Gasteiger partial charge in [-0.05, 0) is 36.1 Å². The normalized spacial score (nSPS) is 15.3. The van der Waals surface area contributed by atoms with Crippen LogP contribution in [0.4, 0.5) is 0 Å². The summed E-state index contributed by atoms with van der Waals surface area (Å²) in [6, 6.07) is 21.9. The highest BCUT2D eigenvalue weighted by atomic mass is 32.1. The lowest BCUT2D eigenvalue weighted by atomic mass is 10.1. The minimum Gasteiger partial charge on any atom is -0.327 e. The third-order valence-corrected chi connectivity index (χ3v) is 7.95. The average molecular weight is 484 g/mol. The number of fused-ring (bicyclic) bond motifs is 1. The van der Waals surface area contributed by atoms with Gasteiger partial charge in [0.1, 0.15) is 10.7 Å². The third-order valence-electron chi connectivity index (χ3n) is 6.14. The van der Waals surface area contributed by atoms with E-state index in [-0.39, 0.29) is 11.9 Å². The minimum atomic E-state index is -0.174. The van der Waals surface area contributed by atoms with Crippen molar-refractivity contribution in [3.05, 3.63) is 88.9 Å². The third kappa shape index (κ3) is 3.65. The molecule has 34 heavy (non-hydrogen) atoms. The number of aromatic nitrogens is 4. The monoisotopic (exact) mass is 483 g/mol. The predicted molar refractivity (Wildman–Crippen MR) is 136 cm³/mol. The second-order valence-corrected chi connectivity index (χ2v) is 9.97. The Morgan fingerprint density at radius 1 is 0.912 bits per heavy atom. The van der Waals surface area contributed by atoms with Crippen molar-refractivity contribution in [2.45, 2.75) is 19.5 Å². The van der Waals surface area contributed by atoms with Crippen LogP contribution in [0.15, 0.2) is 77.5 Å². The van der Waals surface area contributed by atoms with Gasteiger partial charge in [-0.25, -0.2) is 4.98 Å². The first-order valence-electron chi connectivity index (χ1n) is 11.1. The summed E-state index contributed by atoms with van der Waals surface area (Å²) >= 11 is 3.29. The maximum atomic E-state index is 13.3. The predicted octanol–water partition coefficient (Wildman–Crippen LogP) is 6.01. The summed E-state index contributed by atoms with van der Waals surface area (Å²) < 4.78 is 2.10. The van der Waals surface area contributed by atoms with E-state index in [1.54, 1.807) is 22.7 Å². The van der Waals surface area contributed by atoms with Crippen LogP contribution in [0.1, 0.15) is 29.1 Å². The Morgan fingerprint density at radius 2 is 1.74 bits per heavy atom. The molecule has 1 atom stereocenters. The first-order chi connectivity index (χ1) is 16.7. The fraction of sp³-hybridized carbons (Fsp3) is 0.154. The molecule has 0 N–H and O–H groups in total. The van der Waals surface area contributed by atoms with Gasteiger partial charge in [0.15, 0.2) is 11.6 Å². The molecule has 1 aliphatic rings. The van der Waals surface area contributed by atoms with Crippen LogP contribution in [0.5, 0.6) is 0 Å². The van der Waals surface area contributed by atoms with E-state index in [1.165, 1.54) is 4.88 Å². The zero-order valence-electron chi connectivity index (χ0n) is 18.5. The summed E-state index contributed by atoms with van der Waals surface area (Å²) in [5, 5.41) is 13.9. The number of carbonyl (C=O) groups excluding carboxylic acids is 1. The molecule has 0 bridgehead atoms. The molecule has 0 fully saturated rings. The number of thiazole rings is 1. The van der Waals surface area contributed by atoms with Crippen molar-refractivity contribution >= 4 is 28.6 Å². The quantitative estimate of drug-likeness (QED) is 0.314. The van der Waals surface area contributed by atoms with Gasteiger partial charge >= 0.3 is 0 Å². The van der Waals surface area contributed by atoms with Crippen molar-refractivity contribution in [1.82, 2.24) is 24.6 Å². The number of hydrogen-bond donors (Lipinski definition) is 0. The highest BCUT2D eigenvalue weighted by molar-refractivity contribution is 7.13. The SMILES string of the molecule is C[C@@H]1c2nnc(-c3csc(-c4ccccc4)n3)n2CCN1C(=O)c1ccc(-c2cccs2)cc1. The lowest BCUT2D eigenvalue weighted by Crippen LogP contribution is -2.41. The van der Waals surface area contributed by atoms with E-state index in [2.05, 4.69) is 38.3 Å². The van der Waals surface area contributed by atoms with Crippen molar-refractivity contribution in [2.24, 2.45) is 0 Å². The summed E-state index contributed by atoms with van der Waals surface area (Å²) in [5.41, 5.74) is 3.72. The first kappa shape index (κ1) is 20.9. The van der Waals surface area contributed by atoms with Crippen molar-refractivity contribution in [3.8, 4) is 32.5 Å². The molecule has 168 valence electrons. The highest BCUT2D eigenvalue weighted by Crippen LogP contribution is 2.32. The molecule has 4 heterocycles. The smallest absolute Gasteiger partial charge is 0.254 e. The Kier molecular flexibility index (Phi) is 5.31. The van der Waals surface area contributed by atoms with E-state index in [4.69, 9.17) is 4.98 Å². The maximum absolute atomic E-state index is 13.3. The number of thiophene rings is 1. The zero-order valence-corrected chi connectivity index (χ0v) is 20.1. The molecule has 0 unspecified atom stereocenters. The Labute approximate surface area is 205 Å². The second-order valence-electron chi connectivity index (χ2n) is 8.17. The van der Waals surface area contributed by atoms with Gasteiger partial charge < -0.3 is 9.47 Å². The Hall–Kier alpha value is -3.62. The molecular formula is C26H21N5OS2. The van der Waals surface area contributed by atoms with Crippen LogP contribution in [0.3, 0.4) is 0 Å². The van der Waals surface area contributed by atoms with Crippen LogP contribution in [0, 0.1) is 0 Å². The van der Waals surface area contributed by atoms with Gasteiger partial charge in [0.05, 0.1) is 6.04 Å². The van der Waals surface area contributed by atoms with Crippen LogP contribution in [0.2, 0.25) is 0 Å². The molecule has 5 aromatic rings. The summed E-state index contributed by atoms with van der Waals surface area (Å²) in [6.07, 6.45) is 0. The molecular weight excluding hydrogens is 462 g/mol. The summed E-state index contributed by atoms with van der Waals surface area (Å²) in [5.74, 6) is 1.56. The lowest BCUT2D eigenvalue weighted by Gasteiger charge is -2.33. The first-order valence-corrected chi connectivity index (χ1v) is 12.8. The molecule has 3 aromatic heterocycles. The van der Waals surface area contributed by atoms with Gasteiger partial charge in [0.25, 0.3) is 5.91 Å². The average Bonchev–Trinajstić information content (AvgIpc) is 3.65. The standard InChI is InChI=1S/C26H21N5OS2/c1-17-23-28-29-24(21-16-34-25(27-21)19-6-3-2-4-7-19)31(23)14-13-30(17)26(32)20-11-9-18(10-12-20)22-8-5-15-33-22/h2-12,15-17H,13-14H2,1H3/t17-/m1/s1. The Bertz CT molecular complexity index is 1440. The number of rotatable bonds is 4.